The second kappa shape index (κ2) is 8.03. The zero-order valence-corrected chi connectivity index (χ0v) is 16.8. The van der Waals surface area contributed by atoms with E-state index in [9.17, 15) is 4.79 Å². The summed E-state index contributed by atoms with van der Waals surface area (Å²) in [4.78, 5) is 17.8. The lowest BCUT2D eigenvalue weighted by Crippen LogP contribution is -2.14. The number of hydrogen-bond acceptors (Lipinski definition) is 7. The number of hydrogen-bond donors (Lipinski definition) is 1. The zero-order chi connectivity index (χ0) is 18.6. The van der Waals surface area contributed by atoms with Crippen LogP contribution in [0.15, 0.2) is 58.6 Å². The summed E-state index contributed by atoms with van der Waals surface area (Å²) in [6.45, 7) is 2.04. The molecule has 0 saturated heterocycles. The minimum Gasteiger partial charge on any atom is -0.301 e. The van der Waals surface area contributed by atoms with Gasteiger partial charge in [-0.2, -0.15) is 0 Å². The van der Waals surface area contributed by atoms with Crippen LogP contribution in [0.4, 0.5) is 5.13 Å². The Bertz CT molecular complexity index is 1040. The highest BCUT2D eigenvalue weighted by molar-refractivity contribution is 7.99. The molecule has 27 heavy (non-hydrogen) atoms. The van der Waals surface area contributed by atoms with Gasteiger partial charge < -0.3 is 5.32 Å². The zero-order valence-electron chi connectivity index (χ0n) is 14.3. The molecular formula is C18H15N5OS3. The van der Waals surface area contributed by atoms with Gasteiger partial charge in [0.05, 0.1) is 16.3 Å². The first kappa shape index (κ1) is 17.9. The van der Waals surface area contributed by atoms with Gasteiger partial charge in [-0.3, -0.25) is 9.36 Å². The Balaban J connectivity index is 1.38. The Kier molecular flexibility index (Phi) is 5.33. The van der Waals surface area contributed by atoms with Crippen molar-refractivity contribution in [1.82, 2.24) is 19.7 Å². The van der Waals surface area contributed by atoms with Crippen LogP contribution in [-0.2, 0) is 4.79 Å². The second-order valence-electron chi connectivity index (χ2n) is 5.67. The maximum atomic E-state index is 12.3. The number of aromatic nitrogens is 4. The number of benzene rings is 1. The fraction of sp³-hybridized carbons (Fsp3) is 0.111. The molecule has 0 fully saturated rings. The quantitative estimate of drug-likeness (QED) is 0.472. The molecule has 0 saturated carbocycles. The maximum absolute atomic E-state index is 12.3. The smallest absolute Gasteiger partial charge is 0.236 e. The van der Waals surface area contributed by atoms with Gasteiger partial charge in [0.15, 0.2) is 10.3 Å². The summed E-state index contributed by atoms with van der Waals surface area (Å²) in [6, 6.07) is 12.1. The number of amides is 1. The highest BCUT2D eigenvalue weighted by Gasteiger charge is 2.12. The van der Waals surface area contributed by atoms with E-state index in [-0.39, 0.29) is 11.7 Å². The third kappa shape index (κ3) is 4.26. The van der Waals surface area contributed by atoms with Crippen molar-refractivity contribution >= 4 is 45.5 Å². The number of carbonyl (C=O) groups is 1. The molecule has 1 amide bonds. The summed E-state index contributed by atoms with van der Waals surface area (Å²) in [5.41, 5.74) is 3.04. The molecule has 6 nitrogen and oxygen atoms in total. The number of anilines is 1. The number of thiophene rings is 1. The third-order valence-corrected chi connectivity index (χ3v) is 6.28. The molecular weight excluding hydrogens is 398 g/mol. The number of nitrogens with one attached hydrogen (secondary N) is 1. The van der Waals surface area contributed by atoms with Gasteiger partial charge in [-0.25, -0.2) is 4.98 Å². The fourth-order valence-corrected chi connectivity index (χ4v) is 4.58. The molecule has 0 aliphatic heterocycles. The lowest BCUT2D eigenvalue weighted by molar-refractivity contribution is -0.113. The molecule has 0 atom stereocenters. The lowest BCUT2D eigenvalue weighted by atomic mass is 10.2. The van der Waals surface area contributed by atoms with Gasteiger partial charge in [0.1, 0.15) is 6.33 Å². The fourth-order valence-electron chi connectivity index (χ4n) is 2.36. The van der Waals surface area contributed by atoms with Crippen molar-refractivity contribution in [3.63, 3.8) is 0 Å². The molecule has 9 heteroatoms. The van der Waals surface area contributed by atoms with Crippen LogP contribution in [0.25, 0.3) is 16.3 Å². The van der Waals surface area contributed by atoms with Crippen LogP contribution in [0.1, 0.15) is 5.56 Å². The van der Waals surface area contributed by atoms with Crippen molar-refractivity contribution in [3.8, 4) is 16.3 Å². The van der Waals surface area contributed by atoms with Crippen molar-refractivity contribution in [2.24, 2.45) is 0 Å². The monoisotopic (exact) mass is 413 g/mol. The summed E-state index contributed by atoms with van der Waals surface area (Å²) in [5, 5.41) is 16.2. The predicted octanol–water partition coefficient (Wildman–Crippen LogP) is 4.49. The Labute approximate surface area is 168 Å². The van der Waals surface area contributed by atoms with Crippen LogP contribution in [-0.4, -0.2) is 31.4 Å². The van der Waals surface area contributed by atoms with E-state index in [1.807, 2.05) is 58.6 Å². The topological polar surface area (TPSA) is 72.7 Å². The van der Waals surface area contributed by atoms with Crippen molar-refractivity contribution < 1.29 is 4.79 Å². The molecule has 4 aromatic rings. The number of thiazole rings is 1. The van der Waals surface area contributed by atoms with Crippen molar-refractivity contribution in [1.29, 1.82) is 0 Å². The van der Waals surface area contributed by atoms with Gasteiger partial charge in [0, 0.05) is 11.1 Å². The average Bonchev–Trinajstić information content (AvgIpc) is 3.42. The van der Waals surface area contributed by atoms with Gasteiger partial charge >= 0.3 is 0 Å². The highest BCUT2D eigenvalue weighted by atomic mass is 32.2. The van der Waals surface area contributed by atoms with E-state index in [0.29, 0.717) is 10.3 Å². The Hall–Kier alpha value is -2.49. The number of rotatable bonds is 6. The number of carbonyl (C=O) groups excluding carboxylic acids is 1. The summed E-state index contributed by atoms with van der Waals surface area (Å²) >= 11 is 4.39. The van der Waals surface area contributed by atoms with Gasteiger partial charge in [-0.15, -0.1) is 32.9 Å². The number of nitrogens with zero attached hydrogens (tertiary/aromatic N) is 4. The van der Waals surface area contributed by atoms with Gasteiger partial charge in [0.2, 0.25) is 5.91 Å². The molecule has 136 valence electrons. The van der Waals surface area contributed by atoms with Gasteiger partial charge in [-0.1, -0.05) is 35.5 Å². The SMILES string of the molecule is Cc1ccc(-n2cnnc2SCC(=O)Nc2nc(-c3cccs3)cs2)cc1. The summed E-state index contributed by atoms with van der Waals surface area (Å²) in [7, 11) is 0. The lowest BCUT2D eigenvalue weighted by Gasteiger charge is -2.06. The molecule has 3 aromatic heterocycles. The minimum atomic E-state index is -0.120. The largest absolute Gasteiger partial charge is 0.301 e. The van der Waals surface area contributed by atoms with Crippen molar-refractivity contribution in [2.45, 2.75) is 12.1 Å². The third-order valence-electron chi connectivity index (χ3n) is 3.69. The van der Waals surface area contributed by atoms with E-state index < -0.39 is 0 Å². The van der Waals surface area contributed by atoms with Crippen LogP contribution in [0.2, 0.25) is 0 Å². The Morgan fingerprint density at radius 2 is 2.07 bits per heavy atom. The average molecular weight is 414 g/mol. The summed E-state index contributed by atoms with van der Waals surface area (Å²) in [6.07, 6.45) is 1.65. The van der Waals surface area contributed by atoms with Gasteiger partial charge in [0.25, 0.3) is 0 Å². The molecule has 0 radical (unpaired) electrons. The summed E-state index contributed by atoms with van der Waals surface area (Å²) in [5.74, 6) is 0.115. The Morgan fingerprint density at radius 1 is 1.22 bits per heavy atom. The van der Waals surface area contributed by atoms with Crippen LogP contribution < -0.4 is 5.32 Å². The first-order chi connectivity index (χ1) is 13.2. The standard InChI is InChI=1S/C18H15N5OS3/c1-12-4-6-13(7-5-12)23-11-19-22-18(23)27-10-16(24)21-17-20-14(9-26-17)15-3-2-8-25-15/h2-9,11H,10H2,1H3,(H,20,21,24). The molecule has 0 spiro atoms. The molecule has 0 aliphatic carbocycles. The molecule has 4 rings (SSSR count). The minimum absolute atomic E-state index is 0.120. The van der Waals surface area contributed by atoms with Gasteiger partial charge in [-0.05, 0) is 30.5 Å². The van der Waals surface area contributed by atoms with Crippen LogP contribution in [0.5, 0.6) is 0 Å². The molecule has 1 aromatic carbocycles. The first-order valence-corrected chi connectivity index (χ1v) is 10.8. The molecule has 3 heterocycles. The second-order valence-corrected chi connectivity index (χ2v) is 8.42. The summed E-state index contributed by atoms with van der Waals surface area (Å²) < 4.78 is 1.87. The van der Waals surface area contributed by atoms with E-state index in [2.05, 4.69) is 20.5 Å². The molecule has 0 unspecified atom stereocenters. The number of thioether (sulfide) groups is 1. The molecule has 0 bridgehead atoms. The first-order valence-electron chi connectivity index (χ1n) is 8.08. The van der Waals surface area contributed by atoms with Crippen molar-refractivity contribution in [2.75, 3.05) is 11.1 Å². The van der Waals surface area contributed by atoms with E-state index in [1.54, 1.807) is 17.7 Å². The van der Waals surface area contributed by atoms with Crippen LogP contribution in [0, 0.1) is 6.92 Å². The molecule has 0 aliphatic rings. The van der Waals surface area contributed by atoms with E-state index in [4.69, 9.17) is 0 Å². The highest BCUT2D eigenvalue weighted by Crippen LogP contribution is 2.28. The van der Waals surface area contributed by atoms with Crippen LogP contribution >= 0.6 is 34.4 Å². The predicted molar refractivity (Wildman–Crippen MR) is 111 cm³/mol. The number of aryl methyl sites for hydroxylation is 1. The van der Waals surface area contributed by atoms with E-state index in [1.165, 1.54) is 28.7 Å². The maximum Gasteiger partial charge on any atom is 0.236 e. The van der Waals surface area contributed by atoms with Crippen molar-refractivity contribution in [3.05, 3.63) is 59.0 Å². The Morgan fingerprint density at radius 3 is 2.85 bits per heavy atom. The molecule has 1 N–H and O–H groups in total. The van der Waals surface area contributed by atoms with Crippen LogP contribution in [0.3, 0.4) is 0 Å². The normalized spacial score (nSPS) is 10.9. The van der Waals surface area contributed by atoms with E-state index in [0.717, 1.165) is 16.3 Å². The van der Waals surface area contributed by atoms with E-state index >= 15 is 0 Å².